The van der Waals surface area contributed by atoms with Gasteiger partial charge < -0.3 is 10.6 Å². The minimum atomic E-state index is -4.52. The molecule has 0 atom stereocenters. The molecule has 0 bridgehead atoms. The Hall–Kier alpha value is -2.02. The molecule has 1 heterocycles. The van der Waals surface area contributed by atoms with Crippen molar-refractivity contribution in [3.8, 4) is 0 Å². The topological polar surface area (TPSA) is 53.1 Å². The van der Waals surface area contributed by atoms with Crippen molar-refractivity contribution >= 4 is 22.9 Å². The third-order valence-electron chi connectivity index (χ3n) is 3.01. The summed E-state index contributed by atoms with van der Waals surface area (Å²) in [6.07, 6.45) is -4.52. The summed E-state index contributed by atoms with van der Waals surface area (Å²) < 4.78 is 38.6. The summed E-state index contributed by atoms with van der Waals surface area (Å²) in [6, 6.07) is 7.54. The van der Waals surface area contributed by atoms with Gasteiger partial charge in [0, 0.05) is 23.2 Å². The molecule has 0 saturated heterocycles. The lowest BCUT2D eigenvalue weighted by atomic mass is 10.0. The average Bonchev–Trinajstić information content (AvgIpc) is 2.89. The molecule has 0 saturated carbocycles. The minimum Gasteiger partial charge on any atom is -0.384 e. The molecule has 0 unspecified atom stereocenters. The van der Waals surface area contributed by atoms with Gasteiger partial charge in [0.25, 0.3) is 0 Å². The van der Waals surface area contributed by atoms with E-state index in [4.69, 9.17) is 11.1 Å². The first-order valence-corrected chi connectivity index (χ1v) is 6.96. The zero-order chi connectivity index (χ0) is 15.6. The van der Waals surface area contributed by atoms with Gasteiger partial charge in [-0.1, -0.05) is 6.07 Å². The van der Waals surface area contributed by atoms with Crippen LogP contribution in [0.25, 0.3) is 0 Å². The second-order valence-corrected chi connectivity index (χ2v) is 5.61. The highest BCUT2D eigenvalue weighted by molar-refractivity contribution is 7.09. The van der Waals surface area contributed by atoms with Crippen molar-refractivity contribution in [2.24, 2.45) is 5.73 Å². The van der Waals surface area contributed by atoms with Crippen LogP contribution < -0.4 is 10.6 Å². The lowest BCUT2D eigenvalue weighted by Gasteiger charge is -2.21. The summed E-state index contributed by atoms with van der Waals surface area (Å²) in [4.78, 5) is 2.92. The SMILES string of the molecule is CN(Cc1cccs1)c1ccc(C(F)(F)F)c(C(=N)N)c1. The van der Waals surface area contributed by atoms with Crippen LogP contribution >= 0.6 is 11.3 Å². The molecule has 0 amide bonds. The monoisotopic (exact) mass is 313 g/mol. The molecule has 0 spiro atoms. The highest BCUT2D eigenvalue weighted by Crippen LogP contribution is 2.34. The third kappa shape index (κ3) is 3.55. The number of nitrogens with zero attached hydrogens (tertiary/aromatic N) is 1. The third-order valence-corrected chi connectivity index (χ3v) is 3.87. The summed E-state index contributed by atoms with van der Waals surface area (Å²) in [7, 11) is 1.78. The Balaban J connectivity index is 2.33. The van der Waals surface area contributed by atoms with Crippen LogP contribution in [0.3, 0.4) is 0 Å². The number of nitrogens with one attached hydrogen (secondary N) is 1. The Bertz CT molecular complexity index is 635. The first-order chi connectivity index (χ1) is 9.79. The quantitative estimate of drug-likeness (QED) is 0.668. The molecule has 0 aliphatic heterocycles. The Kier molecular flexibility index (Phi) is 4.22. The molecule has 1 aromatic heterocycles. The first kappa shape index (κ1) is 15.4. The highest BCUT2D eigenvalue weighted by atomic mass is 32.1. The molecule has 2 rings (SSSR count). The predicted octanol–water partition coefficient (Wildman–Crippen LogP) is 3.69. The average molecular weight is 313 g/mol. The van der Waals surface area contributed by atoms with E-state index < -0.39 is 17.6 Å². The number of nitrogen functional groups attached to an aromatic ring is 1. The molecule has 2 aromatic rings. The number of rotatable bonds is 4. The van der Waals surface area contributed by atoms with Crippen LogP contribution in [0.4, 0.5) is 18.9 Å². The number of halogens is 3. The van der Waals surface area contributed by atoms with E-state index in [0.717, 1.165) is 10.9 Å². The lowest BCUT2D eigenvalue weighted by molar-refractivity contribution is -0.137. The molecule has 0 fully saturated rings. The van der Waals surface area contributed by atoms with E-state index in [1.54, 1.807) is 18.4 Å². The van der Waals surface area contributed by atoms with E-state index in [1.807, 2.05) is 22.4 Å². The van der Waals surface area contributed by atoms with E-state index in [1.165, 1.54) is 12.1 Å². The van der Waals surface area contributed by atoms with Crippen LogP contribution in [0.2, 0.25) is 0 Å². The van der Waals surface area contributed by atoms with Crippen LogP contribution in [-0.2, 0) is 12.7 Å². The molecule has 0 aliphatic carbocycles. The van der Waals surface area contributed by atoms with Crippen LogP contribution in [0.15, 0.2) is 35.7 Å². The minimum absolute atomic E-state index is 0.293. The Labute approximate surface area is 124 Å². The van der Waals surface area contributed by atoms with Gasteiger partial charge in [0.2, 0.25) is 0 Å². The summed E-state index contributed by atoms with van der Waals surface area (Å²) in [5.74, 6) is -0.589. The van der Waals surface area contributed by atoms with Crippen molar-refractivity contribution in [1.82, 2.24) is 0 Å². The highest BCUT2D eigenvalue weighted by Gasteiger charge is 2.34. The molecule has 0 radical (unpaired) electrons. The lowest BCUT2D eigenvalue weighted by Crippen LogP contribution is -2.21. The van der Waals surface area contributed by atoms with Gasteiger partial charge in [-0.25, -0.2) is 0 Å². The van der Waals surface area contributed by atoms with Gasteiger partial charge in [-0.2, -0.15) is 13.2 Å². The van der Waals surface area contributed by atoms with Crippen molar-refractivity contribution < 1.29 is 13.2 Å². The Morgan fingerprint density at radius 2 is 2.05 bits per heavy atom. The second-order valence-electron chi connectivity index (χ2n) is 4.58. The van der Waals surface area contributed by atoms with Crippen molar-refractivity contribution in [3.05, 3.63) is 51.7 Å². The molecule has 21 heavy (non-hydrogen) atoms. The van der Waals surface area contributed by atoms with Crippen molar-refractivity contribution in [3.63, 3.8) is 0 Å². The maximum Gasteiger partial charge on any atom is 0.417 e. The molecule has 3 nitrogen and oxygen atoms in total. The molecular formula is C14H14F3N3S. The zero-order valence-corrected chi connectivity index (χ0v) is 12.1. The summed E-state index contributed by atoms with van der Waals surface area (Å²) in [6.45, 7) is 0.584. The smallest absolute Gasteiger partial charge is 0.384 e. The van der Waals surface area contributed by atoms with Crippen LogP contribution in [-0.4, -0.2) is 12.9 Å². The fourth-order valence-corrected chi connectivity index (χ4v) is 2.72. The number of amidine groups is 1. The molecule has 0 aliphatic rings. The predicted molar refractivity (Wildman–Crippen MR) is 78.9 cm³/mol. The molecular weight excluding hydrogens is 299 g/mol. The Morgan fingerprint density at radius 3 is 2.57 bits per heavy atom. The fraction of sp³-hybridized carbons (Fsp3) is 0.214. The van der Waals surface area contributed by atoms with Crippen molar-refractivity contribution in [2.75, 3.05) is 11.9 Å². The first-order valence-electron chi connectivity index (χ1n) is 6.08. The zero-order valence-electron chi connectivity index (χ0n) is 11.2. The van der Waals surface area contributed by atoms with Gasteiger partial charge in [-0.15, -0.1) is 11.3 Å². The van der Waals surface area contributed by atoms with Gasteiger partial charge >= 0.3 is 6.18 Å². The van der Waals surface area contributed by atoms with E-state index in [-0.39, 0.29) is 5.56 Å². The standard InChI is InChI=1S/C14H14F3N3S/c1-20(8-10-3-2-6-21-10)9-4-5-12(14(15,16)17)11(7-9)13(18)19/h2-7H,8H2,1H3,(H3,18,19). The number of thiophene rings is 1. The van der Waals surface area contributed by atoms with Crippen molar-refractivity contribution in [2.45, 2.75) is 12.7 Å². The summed E-state index contributed by atoms with van der Waals surface area (Å²) in [5, 5.41) is 9.29. The molecule has 3 N–H and O–H groups in total. The van der Waals surface area contributed by atoms with E-state index >= 15 is 0 Å². The van der Waals surface area contributed by atoms with Gasteiger partial charge in [0.15, 0.2) is 0 Å². The van der Waals surface area contributed by atoms with Crippen LogP contribution in [0.1, 0.15) is 16.0 Å². The molecule has 112 valence electrons. The number of anilines is 1. The molecule has 7 heteroatoms. The normalized spacial score (nSPS) is 11.4. The fourth-order valence-electron chi connectivity index (χ4n) is 1.97. The van der Waals surface area contributed by atoms with Gasteiger partial charge in [0.05, 0.1) is 12.1 Å². The largest absolute Gasteiger partial charge is 0.417 e. The van der Waals surface area contributed by atoms with Crippen LogP contribution in [0, 0.1) is 5.41 Å². The Morgan fingerprint density at radius 1 is 1.33 bits per heavy atom. The van der Waals surface area contributed by atoms with Gasteiger partial charge in [-0.05, 0) is 29.6 Å². The number of alkyl halides is 3. The maximum absolute atomic E-state index is 12.9. The van der Waals surface area contributed by atoms with E-state index in [9.17, 15) is 13.2 Å². The van der Waals surface area contributed by atoms with E-state index in [0.29, 0.717) is 12.2 Å². The van der Waals surface area contributed by atoms with Crippen LogP contribution in [0.5, 0.6) is 0 Å². The number of nitrogens with two attached hydrogens (primary N) is 1. The number of hydrogen-bond acceptors (Lipinski definition) is 3. The second kappa shape index (κ2) is 5.77. The van der Waals surface area contributed by atoms with E-state index in [2.05, 4.69) is 0 Å². The van der Waals surface area contributed by atoms with Gasteiger partial charge in [-0.3, -0.25) is 5.41 Å². The summed E-state index contributed by atoms with van der Waals surface area (Å²) >= 11 is 1.58. The summed E-state index contributed by atoms with van der Waals surface area (Å²) in [5.41, 5.74) is 4.69. The number of hydrogen-bond donors (Lipinski definition) is 2. The van der Waals surface area contributed by atoms with Gasteiger partial charge in [0.1, 0.15) is 5.84 Å². The number of benzene rings is 1. The molecule has 1 aromatic carbocycles. The van der Waals surface area contributed by atoms with Crippen molar-refractivity contribution in [1.29, 1.82) is 5.41 Å². The maximum atomic E-state index is 12.9.